The Morgan fingerprint density at radius 2 is 2.05 bits per heavy atom. The molecule has 8 heteroatoms. The van der Waals surface area contributed by atoms with Crippen molar-refractivity contribution in [3.63, 3.8) is 0 Å². The van der Waals surface area contributed by atoms with Crippen molar-refractivity contribution in [3.05, 3.63) is 30.1 Å². The quantitative estimate of drug-likeness (QED) is 0.796. The van der Waals surface area contributed by atoms with Gasteiger partial charge in [-0.25, -0.2) is 17.5 Å². The first-order valence-electron chi connectivity index (χ1n) is 6.62. The van der Waals surface area contributed by atoms with Crippen LogP contribution in [0.25, 0.3) is 0 Å². The summed E-state index contributed by atoms with van der Waals surface area (Å²) in [6, 6.07) is 4.59. The summed E-state index contributed by atoms with van der Waals surface area (Å²) in [7, 11) is -3.60. The average Bonchev–Trinajstić information content (AvgIpc) is 2.43. The van der Waals surface area contributed by atoms with Crippen molar-refractivity contribution < 1.29 is 22.3 Å². The number of hydrogen-bond acceptors (Lipinski definition) is 4. The van der Waals surface area contributed by atoms with Crippen LogP contribution in [0.4, 0.5) is 4.39 Å². The lowest BCUT2D eigenvalue weighted by Gasteiger charge is -2.22. The topological polar surface area (TPSA) is 84.5 Å². The SMILES string of the molecule is O=C1NCCCC1NS(=O)(=O)CCOc1ccc(F)cc1. The van der Waals surface area contributed by atoms with Gasteiger partial charge in [0.25, 0.3) is 0 Å². The van der Waals surface area contributed by atoms with Crippen molar-refractivity contribution in [2.24, 2.45) is 0 Å². The minimum absolute atomic E-state index is 0.0741. The first kappa shape index (κ1) is 15.7. The van der Waals surface area contributed by atoms with E-state index in [-0.39, 0.29) is 24.1 Å². The van der Waals surface area contributed by atoms with Crippen LogP contribution >= 0.6 is 0 Å². The number of piperidine rings is 1. The van der Waals surface area contributed by atoms with Gasteiger partial charge in [0, 0.05) is 6.54 Å². The fourth-order valence-electron chi connectivity index (χ4n) is 1.96. The maximum absolute atomic E-state index is 12.7. The fraction of sp³-hybridized carbons (Fsp3) is 0.462. The maximum Gasteiger partial charge on any atom is 0.238 e. The molecule has 1 fully saturated rings. The number of sulfonamides is 1. The molecule has 6 nitrogen and oxygen atoms in total. The van der Waals surface area contributed by atoms with Gasteiger partial charge in [-0.2, -0.15) is 0 Å². The molecule has 0 radical (unpaired) electrons. The lowest BCUT2D eigenvalue weighted by atomic mass is 10.1. The number of benzene rings is 1. The fourth-order valence-corrected chi connectivity index (χ4v) is 3.04. The van der Waals surface area contributed by atoms with Gasteiger partial charge in [0.1, 0.15) is 24.2 Å². The molecular weight excluding hydrogens is 299 g/mol. The Bertz CT molecular complexity index is 589. The summed E-state index contributed by atoms with van der Waals surface area (Å²) in [5.74, 6) is -0.569. The Labute approximate surface area is 122 Å². The van der Waals surface area contributed by atoms with Gasteiger partial charge in [0.05, 0.1) is 5.75 Å². The van der Waals surface area contributed by atoms with Gasteiger partial charge < -0.3 is 10.1 Å². The second kappa shape index (κ2) is 6.86. The number of halogens is 1. The molecule has 1 aromatic rings. The van der Waals surface area contributed by atoms with Crippen LogP contribution in [0.1, 0.15) is 12.8 Å². The molecule has 1 atom stereocenters. The van der Waals surface area contributed by atoms with E-state index in [0.29, 0.717) is 18.7 Å². The van der Waals surface area contributed by atoms with Gasteiger partial charge >= 0.3 is 0 Å². The molecule has 116 valence electrons. The van der Waals surface area contributed by atoms with E-state index >= 15 is 0 Å². The number of amides is 1. The molecule has 0 bridgehead atoms. The summed E-state index contributed by atoms with van der Waals surface area (Å²) in [6.45, 7) is 0.500. The molecule has 1 unspecified atom stereocenters. The van der Waals surface area contributed by atoms with Crippen molar-refractivity contribution in [1.82, 2.24) is 10.0 Å². The highest BCUT2D eigenvalue weighted by Crippen LogP contribution is 2.11. The van der Waals surface area contributed by atoms with Crippen molar-refractivity contribution >= 4 is 15.9 Å². The van der Waals surface area contributed by atoms with Crippen LogP contribution in [0.3, 0.4) is 0 Å². The Hall–Kier alpha value is -1.67. The van der Waals surface area contributed by atoms with Crippen molar-refractivity contribution in [2.45, 2.75) is 18.9 Å². The van der Waals surface area contributed by atoms with Crippen molar-refractivity contribution in [3.8, 4) is 5.75 Å². The van der Waals surface area contributed by atoms with E-state index in [1.807, 2.05) is 0 Å². The Balaban J connectivity index is 1.80. The van der Waals surface area contributed by atoms with Crippen LogP contribution in [-0.2, 0) is 14.8 Å². The van der Waals surface area contributed by atoms with Gasteiger partial charge in [-0.15, -0.1) is 0 Å². The van der Waals surface area contributed by atoms with E-state index < -0.39 is 16.1 Å². The minimum atomic E-state index is -3.60. The summed E-state index contributed by atoms with van der Waals surface area (Å²) in [5.41, 5.74) is 0. The normalized spacial score (nSPS) is 19.1. The largest absolute Gasteiger partial charge is 0.492 e. The third kappa shape index (κ3) is 4.98. The molecule has 1 aromatic carbocycles. The molecule has 0 aliphatic carbocycles. The monoisotopic (exact) mass is 316 g/mol. The van der Waals surface area contributed by atoms with Crippen LogP contribution in [-0.4, -0.2) is 39.3 Å². The number of carbonyl (C=O) groups is 1. The number of carbonyl (C=O) groups excluding carboxylic acids is 1. The Kier molecular flexibility index (Phi) is 5.13. The number of nitrogens with one attached hydrogen (secondary N) is 2. The summed E-state index contributed by atoms with van der Waals surface area (Å²) < 4.78 is 44.0. The predicted molar refractivity (Wildman–Crippen MR) is 74.8 cm³/mol. The van der Waals surface area contributed by atoms with Crippen molar-refractivity contribution in [1.29, 1.82) is 0 Å². The number of rotatable bonds is 6. The third-order valence-corrected chi connectivity index (χ3v) is 4.39. The second-order valence-electron chi connectivity index (χ2n) is 4.72. The zero-order chi connectivity index (χ0) is 15.3. The Morgan fingerprint density at radius 1 is 1.33 bits per heavy atom. The van der Waals surface area contributed by atoms with Crippen LogP contribution in [0.2, 0.25) is 0 Å². The standard InChI is InChI=1S/C13H17FN2O4S/c14-10-3-5-11(6-4-10)20-8-9-21(18,19)16-12-2-1-7-15-13(12)17/h3-6,12,16H,1-2,7-9H2,(H,15,17). The minimum Gasteiger partial charge on any atom is -0.492 e. The van der Waals surface area contributed by atoms with Gasteiger partial charge in [0.15, 0.2) is 0 Å². The van der Waals surface area contributed by atoms with E-state index in [1.165, 1.54) is 24.3 Å². The third-order valence-electron chi connectivity index (χ3n) is 3.04. The molecular formula is C13H17FN2O4S. The van der Waals surface area contributed by atoms with Gasteiger partial charge in [-0.3, -0.25) is 4.79 Å². The van der Waals surface area contributed by atoms with Gasteiger partial charge in [0.2, 0.25) is 15.9 Å². The van der Waals surface area contributed by atoms with Crippen molar-refractivity contribution in [2.75, 3.05) is 18.9 Å². The molecule has 0 saturated carbocycles. The van der Waals surface area contributed by atoms with Gasteiger partial charge in [-0.1, -0.05) is 0 Å². The molecule has 2 N–H and O–H groups in total. The molecule has 1 amide bonds. The molecule has 1 aliphatic heterocycles. The van der Waals surface area contributed by atoms with E-state index in [1.54, 1.807) is 0 Å². The van der Waals surface area contributed by atoms with Gasteiger partial charge in [-0.05, 0) is 37.1 Å². The molecule has 21 heavy (non-hydrogen) atoms. The Morgan fingerprint density at radius 3 is 2.71 bits per heavy atom. The smallest absolute Gasteiger partial charge is 0.238 e. The number of hydrogen-bond donors (Lipinski definition) is 2. The summed E-state index contributed by atoms with van der Waals surface area (Å²) in [5, 5.41) is 2.61. The number of ether oxygens (including phenoxy) is 1. The summed E-state index contributed by atoms with van der Waals surface area (Å²) >= 11 is 0. The van der Waals surface area contributed by atoms with Crippen LogP contribution < -0.4 is 14.8 Å². The van der Waals surface area contributed by atoms with E-state index in [2.05, 4.69) is 10.0 Å². The van der Waals surface area contributed by atoms with E-state index in [0.717, 1.165) is 6.42 Å². The first-order chi connectivity index (χ1) is 9.96. The second-order valence-corrected chi connectivity index (χ2v) is 6.60. The highest BCUT2D eigenvalue weighted by Gasteiger charge is 2.26. The molecule has 0 spiro atoms. The highest BCUT2D eigenvalue weighted by atomic mass is 32.2. The maximum atomic E-state index is 12.7. The molecule has 2 rings (SSSR count). The predicted octanol–water partition coefficient (Wildman–Crippen LogP) is 0.402. The van der Waals surface area contributed by atoms with Crippen LogP contribution in [0.15, 0.2) is 24.3 Å². The zero-order valence-corrected chi connectivity index (χ0v) is 12.2. The molecule has 1 heterocycles. The lowest BCUT2D eigenvalue weighted by molar-refractivity contribution is -0.124. The van der Waals surface area contributed by atoms with E-state index in [9.17, 15) is 17.6 Å². The first-order valence-corrected chi connectivity index (χ1v) is 8.27. The molecule has 1 aliphatic rings. The summed E-state index contributed by atoms with van der Waals surface area (Å²) in [6.07, 6.45) is 1.23. The average molecular weight is 316 g/mol. The highest BCUT2D eigenvalue weighted by molar-refractivity contribution is 7.89. The van der Waals surface area contributed by atoms with Crippen LogP contribution in [0.5, 0.6) is 5.75 Å². The zero-order valence-electron chi connectivity index (χ0n) is 11.3. The lowest BCUT2D eigenvalue weighted by Crippen LogP contribution is -2.50. The molecule has 0 aromatic heterocycles. The molecule has 1 saturated heterocycles. The van der Waals surface area contributed by atoms with E-state index in [4.69, 9.17) is 4.74 Å². The van der Waals surface area contributed by atoms with Crippen LogP contribution in [0, 0.1) is 5.82 Å². The summed E-state index contributed by atoms with van der Waals surface area (Å²) in [4.78, 5) is 11.5.